The molecule has 0 bridgehead atoms. The summed E-state index contributed by atoms with van der Waals surface area (Å²) in [6.45, 7) is 0. The molecule has 1 atom stereocenters. The Morgan fingerprint density at radius 3 is 3.00 bits per heavy atom. The van der Waals surface area contributed by atoms with E-state index in [2.05, 4.69) is 5.32 Å². The molecule has 0 radical (unpaired) electrons. The molecule has 0 unspecified atom stereocenters. The third-order valence-corrected chi connectivity index (χ3v) is 1.48. The van der Waals surface area contributed by atoms with Gasteiger partial charge in [0.2, 0.25) is 5.91 Å². The van der Waals surface area contributed by atoms with Gasteiger partial charge in [0, 0.05) is 13.5 Å². The number of carbonyl (C=O) groups is 1. The average molecular weight is 129 g/mol. The largest absolute Gasteiger partial charge is 0.362 e. The van der Waals surface area contributed by atoms with Gasteiger partial charge in [0.05, 0.1) is 0 Å². The standard InChI is InChI=1S/C6H11NO2/c1-9-6-4-2-3-5(8)7-6/h6H,2-4H2,1H3,(H,7,8)/t6-/m1/s1. The van der Waals surface area contributed by atoms with Crippen LogP contribution < -0.4 is 5.32 Å². The van der Waals surface area contributed by atoms with Gasteiger partial charge in [-0.3, -0.25) is 4.79 Å². The van der Waals surface area contributed by atoms with E-state index in [9.17, 15) is 4.79 Å². The Bertz CT molecular complexity index is 114. The Morgan fingerprint density at radius 1 is 1.78 bits per heavy atom. The molecular formula is C6H11NO2. The van der Waals surface area contributed by atoms with Crippen LogP contribution in [0.5, 0.6) is 0 Å². The zero-order valence-electron chi connectivity index (χ0n) is 5.52. The van der Waals surface area contributed by atoms with E-state index in [-0.39, 0.29) is 12.1 Å². The number of rotatable bonds is 1. The minimum absolute atomic E-state index is 0.0359. The van der Waals surface area contributed by atoms with Gasteiger partial charge in [-0.15, -0.1) is 0 Å². The first-order valence-electron chi connectivity index (χ1n) is 3.15. The lowest BCUT2D eigenvalue weighted by molar-refractivity contribution is -0.127. The number of amides is 1. The van der Waals surface area contributed by atoms with E-state index in [1.165, 1.54) is 0 Å². The highest BCUT2D eigenvalue weighted by Gasteiger charge is 2.16. The molecule has 3 nitrogen and oxygen atoms in total. The number of hydrogen-bond donors (Lipinski definition) is 1. The zero-order valence-corrected chi connectivity index (χ0v) is 5.52. The maximum absolute atomic E-state index is 10.6. The Labute approximate surface area is 54.4 Å². The maximum Gasteiger partial charge on any atom is 0.221 e. The average Bonchev–Trinajstić information content (AvgIpc) is 1.88. The van der Waals surface area contributed by atoms with Gasteiger partial charge in [-0.2, -0.15) is 0 Å². The van der Waals surface area contributed by atoms with Crippen LogP contribution in [0.3, 0.4) is 0 Å². The van der Waals surface area contributed by atoms with Crippen molar-refractivity contribution in [3.63, 3.8) is 0 Å². The minimum Gasteiger partial charge on any atom is -0.362 e. The monoisotopic (exact) mass is 129 g/mol. The zero-order chi connectivity index (χ0) is 6.69. The van der Waals surface area contributed by atoms with Crippen molar-refractivity contribution >= 4 is 5.91 Å². The van der Waals surface area contributed by atoms with Crippen molar-refractivity contribution < 1.29 is 9.53 Å². The highest BCUT2D eigenvalue weighted by molar-refractivity contribution is 5.76. The smallest absolute Gasteiger partial charge is 0.221 e. The highest BCUT2D eigenvalue weighted by atomic mass is 16.5. The van der Waals surface area contributed by atoms with Gasteiger partial charge in [-0.25, -0.2) is 0 Å². The SMILES string of the molecule is CO[C@@H]1CCCC(=O)N1. The van der Waals surface area contributed by atoms with E-state index >= 15 is 0 Å². The molecule has 1 amide bonds. The topological polar surface area (TPSA) is 38.3 Å². The normalized spacial score (nSPS) is 27.7. The van der Waals surface area contributed by atoms with Crippen LogP contribution in [-0.4, -0.2) is 19.2 Å². The van der Waals surface area contributed by atoms with Crippen molar-refractivity contribution in [1.82, 2.24) is 5.32 Å². The lowest BCUT2D eigenvalue weighted by Gasteiger charge is -2.20. The van der Waals surface area contributed by atoms with Crippen LogP contribution in [0.1, 0.15) is 19.3 Å². The summed E-state index contributed by atoms with van der Waals surface area (Å²) >= 11 is 0. The first-order chi connectivity index (χ1) is 4.33. The van der Waals surface area contributed by atoms with Crippen molar-refractivity contribution in [1.29, 1.82) is 0 Å². The number of carbonyl (C=O) groups excluding carboxylic acids is 1. The predicted molar refractivity (Wildman–Crippen MR) is 32.8 cm³/mol. The second kappa shape index (κ2) is 2.82. The lowest BCUT2D eigenvalue weighted by Crippen LogP contribution is -2.39. The number of methoxy groups -OCH3 is 1. The molecule has 1 aliphatic rings. The van der Waals surface area contributed by atoms with Gasteiger partial charge in [0.15, 0.2) is 0 Å². The molecule has 9 heavy (non-hydrogen) atoms. The van der Waals surface area contributed by atoms with Gasteiger partial charge in [-0.05, 0) is 12.8 Å². The molecule has 1 rings (SSSR count). The van der Waals surface area contributed by atoms with E-state index in [1.807, 2.05) is 0 Å². The third kappa shape index (κ3) is 1.68. The molecule has 0 aromatic heterocycles. The first-order valence-corrected chi connectivity index (χ1v) is 3.15. The summed E-state index contributed by atoms with van der Waals surface area (Å²) in [4.78, 5) is 10.6. The van der Waals surface area contributed by atoms with Crippen LogP contribution in [0.2, 0.25) is 0 Å². The first kappa shape index (κ1) is 6.55. The van der Waals surface area contributed by atoms with Crippen molar-refractivity contribution in [2.24, 2.45) is 0 Å². The second-order valence-corrected chi connectivity index (χ2v) is 2.18. The van der Waals surface area contributed by atoms with Gasteiger partial charge < -0.3 is 10.1 Å². The molecule has 1 heterocycles. The number of hydrogen-bond acceptors (Lipinski definition) is 2. The van der Waals surface area contributed by atoms with Gasteiger partial charge in [0.1, 0.15) is 6.23 Å². The molecule has 1 saturated heterocycles. The third-order valence-electron chi connectivity index (χ3n) is 1.48. The quantitative estimate of drug-likeness (QED) is 0.551. The molecule has 1 N–H and O–H groups in total. The Kier molecular flexibility index (Phi) is 2.05. The van der Waals surface area contributed by atoms with E-state index < -0.39 is 0 Å². The fourth-order valence-corrected chi connectivity index (χ4v) is 0.949. The number of nitrogens with one attached hydrogen (secondary N) is 1. The summed E-state index contributed by atoms with van der Waals surface area (Å²) in [6, 6.07) is 0. The Balaban J connectivity index is 2.32. The van der Waals surface area contributed by atoms with Gasteiger partial charge in [-0.1, -0.05) is 0 Å². The summed E-state index contributed by atoms with van der Waals surface area (Å²) in [5.41, 5.74) is 0. The molecule has 0 aromatic rings. The molecule has 3 heteroatoms. The van der Waals surface area contributed by atoms with Crippen LogP contribution in [-0.2, 0) is 9.53 Å². The molecule has 0 aromatic carbocycles. The Morgan fingerprint density at radius 2 is 2.56 bits per heavy atom. The van der Waals surface area contributed by atoms with Crippen LogP contribution >= 0.6 is 0 Å². The molecule has 0 aliphatic carbocycles. The number of ether oxygens (including phenoxy) is 1. The van der Waals surface area contributed by atoms with Crippen molar-refractivity contribution in [2.45, 2.75) is 25.5 Å². The van der Waals surface area contributed by atoms with E-state index in [1.54, 1.807) is 7.11 Å². The molecular weight excluding hydrogens is 118 g/mol. The fraction of sp³-hybridized carbons (Fsp3) is 0.833. The minimum atomic E-state index is -0.0359. The van der Waals surface area contributed by atoms with Crippen LogP contribution in [0, 0.1) is 0 Å². The van der Waals surface area contributed by atoms with Crippen molar-refractivity contribution in [2.75, 3.05) is 7.11 Å². The van der Waals surface area contributed by atoms with Crippen molar-refractivity contribution in [3.05, 3.63) is 0 Å². The lowest BCUT2D eigenvalue weighted by atomic mass is 10.1. The van der Waals surface area contributed by atoms with Crippen molar-refractivity contribution in [3.8, 4) is 0 Å². The van der Waals surface area contributed by atoms with Crippen LogP contribution in [0.15, 0.2) is 0 Å². The summed E-state index contributed by atoms with van der Waals surface area (Å²) in [6.07, 6.45) is 2.51. The molecule has 1 fully saturated rings. The summed E-state index contributed by atoms with van der Waals surface area (Å²) < 4.78 is 4.93. The molecule has 0 saturated carbocycles. The second-order valence-electron chi connectivity index (χ2n) is 2.18. The number of piperidine rings is 1. The predicted octanol–water partition coefficient (Wildman–Crippen LogP) is 0.259. The highest BCUT2D eigenvalue weighted by Crippen LogP contribution is 2.07. The Hall–Kier alpha value is -0.570. The van der Waals surface area contributed by atoms with E-state index in [4.69, 9.17) is 4.74 Å². The van der Waals surface area contributed by atoms with E-state index in [0.717, 1.165) is 12.8 Å². The maximum atomic E-state index is 10.6. The summed E-state index contributed by atoms with van der Waals surface area (Å²) in [5, 5.41) is 2.70. The summed E-state index contributed by atoms with van der Waals surface area (Å²) in [5.74, 6) is 0.105. The molecule has 1 aliphatic heterocycles. The van der Waals surface area contributed by atoms with Crippen LogP contribution in [0.4, 0.5) is 0 Å². The summed E-state index contributed by atoms with van der Waals surface area (Å²) in [7, 11) is 1.61. The van der Waals surface area contributed by atoms with Crippen LogP contribution in [0.25, 0.3) is 0 Å². The van der Waals surface area contributed by atoms with Gasteiger partial charge in [0.25, 0.3) is 0 Å². The van der Waals surface area contributed by atoms with E-state index in [0.29, 0.717) is 6.42 Å². The fourth-order valence-electron chi connectivity index (χ4n) is 0.949. The molecule has 0 spiro atoms. The molecule has 52 valence electrons. The van der Waals surface area contributed by atoms with Gasteiger partial charge >= 0.3 is 0 Å².